The van der Waals surface area contributed by atoms with Crippen LogP contribution in [0.2, 0.25) is 0 Å². The van der Waals surface area contributed by atoms with Crippen LogP contribution in [0, 0.1) is 0 Å². The van der Waals surface area contributed by atoms with E-state index in [-0.39, 0.29) is 18.2 Å². The lowest BCUT2D eigenvalue weighted by Crippen LogP contribution is -2.21. The zero-order valence-corrected chi connectivity index (χ0v) is 15.7. The van der Waals surface area contributed by atoms with Crippen LogP contribution >= 0.6 is 11.8 Å². The Morgan fingerprint density at radius 1 is 1.21 bits per heavy atom. The van der Waals surface area contributed by atoms with Gasteiger partial charge in [0, 0.05) is 5.69 Å². The number of nitrogens with zero attached hydrogens (tertiary/aromatic N) is 2. The van der Waals surface area contributed by atoms with E-state index in [4.69, 9.17) is 0 Å². The topological polar surface area (TPSA) is 68.2 Å². The second kappa shape index (κ2) is 7.70. The molecule has 0 spiro atoms. The summed E-state index contributed by atoms with van der Waals surface area (Å²) in [5, 5.41) is 7.86. The van der Waals surface area contributed by atoms with Crippen molar-refractivity contribution in [3.8, 4) is 5.75 Å². The molecule has 4 rings (SSSR count). The molecule has 0 radical (unpaired) electrons. The van der Waals surface area contributed by atoms with Crippen molar-refractivity contribution in [3.63, 3.8) is 0 Å². The van der Waals surface area contributed by atoms with Crippen LogP contribution < -0.4 is 15.4 Å². The normalized spacial score (nSPS) is 13.8. The number of fused-ring (bicyclic) bond motifs is 1. The van der Waals surface area contributed by atoms with Gasteiger partial charge in [-0.3, -0.25) is 4.79 Å². The maximum Gasteiger partial charge on any atom is 0.573 e. The number of imidazole rings is 1. The van der Waals surface area contributed by atoms with E-state index in [0.29, 0.717) is 11.5 Å². The number of hydrogen-bond donors (Lipinski definition) is 2. The number of ether oxygens (including phenoxy) is 1. The van der Waals surface area contributed by atoms with Crippen molar-refractivity contribution in [1.82, 2.24) is 14.9 Å². The van der Waals surface area contributed by atoms with Crippen molar-refractivity contribution in [2.24, 2.45) is 0 Å². The fourth-order valence-corrected chi connectivity index (χ4v) is 3.62. The van der Waals surface area contributed by atoms with Crippen molar-refractivity contribution < 1.29 is 22.7 Å². The predicted molar refractivity (Wildman–Crippen MR) is 105 cm³/mol. The molecule has 0 saturated carbocycles. The Balaban J connectivity index is 1.53. The molecule has 1 amide bonds. The van der Waals surface area contributed by atoms with E-state index < -0.39 is 6.36 Å². The number of halogens is 3. The molecule has 2 N–H and O–H groups in total. The van der Waals surface area contributed by atoms with Crippen LogP contribution in [0.25, 0.3) is 16.7 Å². The highest BCUT2D eigenvalue weighted by Crippen LogP contribution is 2.26. The average molecular weight is 420 g/mol. The summed E-state index contributed by atoms with van der Waals surface area (Å²) in [5.74, 6) is 0.706. The number of hydrogen-bond acceptors (Lipinski definition) is 5. The Labute approximate surface area is 167 Å². The van der Waals surface area contributed by atoms with Crippen LogP contribution in [0.4, 0.5) is 18.9 Å². The zero-order valence-electron chi connectivity index (χ0n) is 14.9. The van der Waals surface area contributed by atoms with Crippen molar-refractivity contribution in [1.29, 1.82) is 0 Å². The number of carbonyl (C=O) groups excluding carboxylic acids is 1. The monoisotopic (exact) mass is 420 g/mol. The minimum atomic E-state index is -4.76. The molecule has 150 valence electrons. The summed E-state index contributed by atoms with van der Waals surface area (Å²) in [6, 6.07) is 12.5. The van der Waals surface area contributed by atoms with Crippen molar-refractivity contribution in [2.45, 2.75) is 12.9 Å². The molecule has 0 fully saturated rings. The van der Waals surface area contributed by atoms with Gasteiger partial charge in [0.25, 0.3) is 0 Å². The number of amides is 1. The van der Waals surface area contributed by atoms with Gasteiger partial charge in [-0.2, -0.15) is 0 Å². The third kappa shape index (κ3) is 4.48. The minimum Gasteiger partial charge on any atom is -0.406 e. The predicted octanol–water partition coefficient (Wildman–Crippen LogP) is 4.17. The SMILES string of the molecule is O=C(Cn1c(C2=CSCN2)nc2ccccc21)Nc1ccc(OC(F)(F)F)cc1. The van der Waals surface area contributed by atoms with Crippen molar-refractivity contribution in [3.05, 3.63) is 59.8 Å². The molecule has 1 aromatic heterocycles. The Bertz CT molecular complexity index is 1080. The van der Waals surface area contributed by atoms with Crippen LogP contribution in [0.5, 0.6) is 5.75 Å². The molecule has 10 heteroatoms. The van der Waals surface area contributed by atoms with E-state index in [1.54, 1.807) is 16.3 Å². The molecule has 1 aliphatic heterocycles. The largest absolute Gasteiger partial charge is 0.573 e. The maximum absolute atomic E-state index is 12.6. The lowest BCUT2D eigenvalue weighted by molar-refractivity contribution is -0.274. The summed E-state index contributed by atoms with van der Waals surface area (Å²) < 4.78 is 42.4. The van der Waals surface area contributed by atoms with Crippen LogP contribution in [0.3, 0.4) is 0 Å². The minimum absolute atomic E-state index is 0.000333. The summed E-state index contributed by atoms with van der Waals surface area (Å²) in [6.07, 6.45) is -4.76. The number of aromatic nitrogens is 2. The fraction of sp³-hybridized carbons (Fsp3) is 0.158. The number of alkyl halides is 3. The molecule has 2 aromatic carbocycles. The molecule has 0 saturated heterocycles. The van der Waals surface area contributed by atoms with Gasteiger partial charge in [-0.1, -0.05) is 12.1 Å². The number of nitrogens with one attached hydrogen (secondary N) is 2. The molecule has 0 aliphatic carbocycles. The molecule has 6 nitrogen and oxygen atoms in total. The number of thioether (sulfide) groups is 1. The molecule has 0 unspecified atom stereocenters. The lowest BCUT2D eigenvalue weighted by Gasteiger charge is -2.12. The third-order valence-corrected chi connectivity index (χ3v) is 4.83. The first kappa shape index (κ1) is 19.2. The first-order chi connectivity index (χ1) is 13.9. The first-order valence-electron chi connectivity index (χ1n) is 8.56. The van der Waals surface area contributed by atoms with E-state index in [2.05, 4.69) is 20.4 Å². The average Bonchev–Trinajstić information content (AvgIpc) is 3.30. The maximum atomic E-state index is 12.6. The van der Waals surface area contributed by atoms with Crippen LogP contribution in [-0.2, 0) is 11.3 Å². The first-order valence-corrected chi connectivity index (χ1v) is 9.61. The van der Waals surface area contributed by atoms with Gasteiger partial charge in [-0.05, 0) is 41.8 Å². The van der Waals surface area contributed by atoms with Gasteiger partial charge >= 0.3 is 6.36 Å². The van der Waals surface area contributed by atoms with Gasteiger partial charge in [-0.15, -0.1) is 24.9 Å². The number of rotatable bonds is 5. The van der Waals surface area contributed by atoms with E-state index in [9.17, 15) is 18.0 Å². The molecule has 0 atom stereocenters. The molecule has 3 aromatic rings. The van der Waals surface area contributed by atoms with Gasteiger partial charge in [0.05, 0.1) is 22.6 Å². The Hall–Kier alpha value is -3.14. The third-order valence-electron chi connectivity index (χ3n) is 4.12. The van der Waals surface area contributed by atoms with Crippen molar-refractivity contribution in [2.75, 3.05) is 11.2 Å². The summed E-state index contributed by atoms with van der Waals surface area (Å²) in [7, 11) is 0. The number of para-hydroxylation sites is 2. The Morgan fingerprint density at radius 3 is 2.66 bits per heavy atom. The van der Waals surface area contributed by atoms with Gasteiger partial charge in [-0.25, -0.2) is 4.98 Å². The quantitative estimate of drug-likeness (QED) is 0.649. The Morgan fingerprint density at radius 2 is 1.97 bits per heavy atom. The molecular formula is C19H15F3N4O2S. The van der Waals surface area contributed by atoms with E-state index in [1.165, 1.54) is 12.1 Å². The summed E-state index contributed by atoms with van der Waals surface area (Å²) in [5.41, 5.74) is 2.78. The van der Waals surface area contributed by atoms with Gasteiger partial charge in [0.15, 0.2) is 5.82 Å². The molecule has 1 aliphatic rings. The highest BCUT2D eigenvalue weighted by Gasteiger charge is 2.31. The lowest BCUT2D eigenvalue weighted by atomic mass is 10.3. The highest BCUT2D eigenvalue weighted by atomic mass is 32.2. The smallest absolute Gasteiger partial charge is 0.406 e. The second-order valence-corrected chi connectivity index (χ2v) is 7.01. The van der Waals surface area contributed by atoms with Gasteiger partial charge < -0.3 is 19.9 Å². The van der Waals surface area contributed by atoms with E-state index >= 15 is 0 Å². The summed E-state index contributed by atoms with van der Waals surface area (Å²) in [4.78, 5) is 17.2. The zero-order chi connectivity index (χ0) is 20.4. The van der Waals surface area contributed by atoms with Crippen LogP contribution in [-0.4, -0.2) is 27.7 Å². The van der Waals surface area contributed by atoms with E-state index in [0.717, 1.165) is 34.7 Å². The second-order valence-electron chi connectivity index (χ2n) is 6.15. The summed E-state index contributed by atoms with van der Waals surface area (Å²) in [6.45, 7) is 0.000333. The van der Waals surface area contributed by atoms with Crippen LogP contribution in [0.1, 0.15) is 5.82 Å². The van der Waals surface area contributed by atoms with Crippen molar-refractivity contribution >= 4 is 40.1 Å². The number of anilines is 1. The van der Waals surface area contributed by atoms with Gasteiger partial charge in [0.1, 0.15) is 12.3 Å². The molecule has 0 bridgehead atoms. The standard InChI is InChI=1S/C19H15F3N4O2S/c20-19(21,22)28-13-7-5-12(6-8-13)24-17(27)9-26-16-4-2-1-3-14(16)25-18(26)15-10-29-11-23-15/h1-8,10,23H,9,11H2,(H,24,27). The Kier molecular flexibility index (Phi) is 5.10. The number of benzene rings is 2. The highest BCUT2D eigenvalue weighted by molar-refractivity contribution is 8.02. The van der Waals surface area contributed by atoms with Crippen LogP contribution in [0.15, 0.2) is 53.9 Å². The van der Waals surface area contributed by atoms with Gasteiger partial charge in [0.2, 0.25) is 5.91 Å². The van der Waals surface area contributed by atoms with E-state index in [1.807, 2.05) is 29.7 Å². The fourth-order valence-electron chi connectivity index (χ4n) is 2.94. The number of carbonyl (C=O) groups is 1. The molecule has 2 heterocycles. The summed E-state index contributed by atoms with van der Waals surface area (Å²) >= 11 is 1.60. The molecular weight excluding hydrogens is 405 g/mol. The molecule has 29 heavy (non-hydrogen) atoms.